The van der Waals surface area contributed by atoms with E-state index in [4.69, 9.17) is 10.8 Å². The number of pyridine rings is 1. The third-order valence-electron chi connectivity index (χ3n) is 1.57. The molecule has 0 aliphatic rings. The lowest BCUT2D eigenvalue weighted by Gasteiger charge is -2.08. The summed E-state index contributed by atoms with van der Waals surface area (Å²) in [5, 5.41) is 8.51. The summed E-state index contributed by atoms with van der Waals surface area (Å²) in [7, 11) is 0. The quantitative estimate of drug-likeness (QED) is 0.787. The SMILES string of the molecule is NC(CC(=O)O)c1ccnc(Br)c1. The van der Waals surface area contributed by atoms with Gasteiger partial charge in [0.2, 0.25) is 0 Å². The van der Waals surface area contributed by atoms with Gasteiger partial charge in [-0.2, -0.15) is 0 Å². The van der Waals surface area contributed by atoms with Crippen molar-refractivity contribution >= 4 is 21.9 Å². The van der Waals surface area contributed by atoms with Gasteiger partial charge >= 0.3 is 5.97 Å². The van der Waals surface area contributed by atoms with Crippen molar-refractivity contribution in [1.82, 2.24) is 4.98 Å². The summed E-state index contributed by atoms with van der Waals surface area (Å²) in [4.78, 5) is 14.3. The average Bonchev–Trinajstić information content (AvgIpc) is 2.03. The Labute approximate surface area is 83.9 Å². The molecule has 1 unspecified atom stereocenters. The molecule has 5 heteroatoms. The third kappa shape index (κ3) is 3.12. The highest BCUT2D eigenvalue weighted by molar-refractivity contribution is 9.10. The molecule has 1 rings (SSSR count). The predicted octanol–water partition coefficient (Wildman–Crippen LogP) is 1.32. The molecule has 0 amide bonds. The molecule has 1 aromatic heterocycles. The highest BCUT2D eigenvalue weighted by Crippen LogP contribution is 2.16. The molecule has 0 aliphatic carbocycles. The van der Waals surface area contributed by atoms with Gasteiger partial charge in [-0.05, 0) is 33.6 Å². The van der Waals surface area contributed by atoms with Crippen molar-refractivity contribution < 1.29 is 9.90 Å². The smallest absolute Gasteiger partial charge is 0.305 e. The van der Waals surface area contributed by atoms with Gasteiger partial charge in [0, 0.05) is 12.2 Å². The second-order valence-electron chi connectivity index (χ2n) is 2.62. The van der Waals surface area contributed by atoms with Crippen molar-refractivity contribution in [2.75, 3.05) is 0 Å². The molecule has 70 valence electrons. The zero-order chi connectivity index (χ0) is 9.84. The topological polar surface area (TPSA) is 76.2 Å². The molecule has 0 aliphatic heterocycles. The van der Waals surface area contributed by atoms with Gasteiger partial charge in [-0.3, -0.25) is 4.79 Å². The van der Waals surface area contributed by atoms with Crippen molar-refractivity contribution in [2.45, 2.75) is 12.5 Å². The normalized spacial score (nSPS) is 12.5. The molecule has 13 heavy (non-hydrogen) atoms. The highest BCUT2D eigenvalue weighted by atomic mass is 79.9. The second-order valence-corrected chi connectivity index (χ2v) is 3.43. The Morgan fingerprint density at radius 3 is 3.00 bits per heavy atom. The third-order valence-corrected chi connectivity index (χ3v) is 2.01. The largest absolute Gasteiger partial charge is 0.481 e. The first-order valence-electron chi connectivity index (χ1n) is 3.68. The van der Waals surface area contributed by atoms with Crippen LogP contribution in [0.1, 0.15) is 18.0 Å². The fourth-order valence-corrected chi connectivity index (χ4v) is 1.34. The molecule has 0 bridgehead atoms. The molecule has 4 nitrogen and oxygen atoms in total. The number of aliphatic carboxylic acids is 1. The van der Waals surface area contributed by atoms with Crippen LogP contribution in [0.15, 0.2) is 22.9 Å². The van der Waals surface area contributed by atoms with Crippen LogP contribution >= 0.6 is 15.9 Å². The Kier molecular flexibility index (Phi) is 3.39. The maximum Gasteiger partial charge on any atom is 0.305 e. The first-order chi connectivity index (χ1) is 6.09. The summed E-state index contributed by atoms with van der Waals surface area (Å²) in [6.07, 6.45) is 1.51. The van der Waals surface area contributed by atoms with Crippen LogP contribution in [0.25, 0.3) is 0 Å². The Morgan fingerprint density at radius 1 is 1.77 bits per heavy atom. The molecule has 0 aromatic carbocycles. The summed E-state index contributed by atoms with van der Waals surface area (Å²) in [6, 6.07) is 2.95. The van der Waals surface area contributed by atoms with Crippen LogP contribution in [-0.2, 0) is 4.79 Å². The second kappa shape index (κ2) is 4.34. The molecule has 1 atom stereocenters. The van der Waals surface area contributed by atoms with Crippen LogP contribution in [0.2, 0.25) is 0 Å². The summed E-state index contributed by atoms with van der Waals surface area (Å²) < 4.78 is 0.658. The molecule has 0 radical (unpaired) electrons. The van der Waals surface area contributed by atoms with E-state index in [1.165, 1.54) is 0 Å². The number of carboxylic acids is 1. The zero-order valence-electron chi connectivity index (χ0n) is 6.77. The number of carbonyl (C=O) groups is 1. The Balaban J connectivity index is 2.76. The number of halogens is 1. The fraction of sp³-hybridized carbons (Fsp3) is 0.250. The van der Waals surface area contributed by atoms with Crippen LogP contribution in [0.4, 0.5) is 0 Å². The van der Waals surface area contributed by atoms with Gasteiger partial charge < -0.3 is 10.8 Å². The van der Waals surface area contributed by atoms with Crippen molar-refractivity contribution in [2.24, 2.45) is 5.73 Å². The lowest BCUT2D eigenvalue weighted by atomic mass is 10.1. The van der Waals surface area contributed by atoms with Gasteiger partial charge in [-0.15, -0.1) is 0 Å². The van der Waals surface area contributed by atoms with Crippen molar-refractivity contribution in [3.63, 3.8) is 0 Å². The van der Waals surface area contributed by atoms with E-state index in [0.717, 1.165) is 5.56 Å². The van der Waals surface area contributed by atoms with E-state index >= 15 is 0 Å². The summed E-state index contributed by atoms with van der Waals surface area (Å²) in [5.74, 6) is -0.902. The number of aromatic nitrogens is 1. The average molecular weight is 245 g/mol. The number of nitrogens with two attached hydrogens (primary N) is 1. The molecular weight excluding hydrogens is 236 g/mol. The minimum atomic E-state index is -0.902. The van der Waals surface area contributed by atoms with Crippen LogP contribution < -0.4 is 5.73 Å². The number of hydrogen-bond donors (Lipinski definition) is 2. The highest BCUT2D eigenvalue weighted by Gasteiger charge is 2.10. The number of nitrogens with zero attached hydrogens (tertiary/aromatic N) is 1. The molecule has 0 saturated carbocycles. The lowest BCUT2D eigenvalue weighted by molar-refractivity contribution is -0.137. The number of carboxylic acid groups (broad SMARTS) is 1. The fourth-order valence-electron chi connectivity index (χ4n) is 0.954. The van der Waals surface area contributed by atoms with Gasteiger partial charge in [0.1, 0.15) is 4.60 Å². The zero-order valence-corrected chi connectivity index (χ0v) is 8.36. The Hall–Kier alpha value is -0.940. The minimum absolute atomic E-state index is 0.0730. The maximum atomic E-state index is 10.4. The van der Waals surface area contributed by atoms with E-state index in [0.29, 0.717) is 4.60 Å². The molecule has 1 heterocycles. The van der Waals surface area contributed by atoms with Gasteiger partial charge in [-0.1, -0.05) is 0 Å². The molecule has 0 fully saturated rings. The minimum Gasteiger partial charge on any atom is -0.481 e. The van der Waals surface area contributed by atoms with Crippen molar-refractivity contribution in [3.05, 3.63) is 28.5 Å². The summed E-state index contributed by atoms with van der Waals surface area (Å²) in [5.41, 5.74) is 6.40. The van der Waals surface area contributed by atoms with Crippen LogP contribution in [0, 0.1) is 0 Å². The van der Waals surface area contributed by atoms with E-state index in [1.807, 2.05) is 0 Å². The molecule has 0 spiro atoms. The van der Waals surface area contributed by atoms with Crippen LogP contribution in [0.5, 0.6) is 0 Å². The van der Waals surface area contributed by atoms with Gasteiger partial charge in [0.15, 0.2) is 0 Å². The van der Waals surface area contributed by atoms with E-state index < -0.39 is 12.0 Å². The predicted molar refractivity (Wildman–Crippen MR) is 51.1 cm³/mol. The summed E-state index contributed by atoms with van der Waals surface area (Å²) >= 11 is 3.18. The van der Waals surface area contributed by atoms with E-state index in [-0.39, 0.29) is 6.42 Å². The van der Waals surface area contributed by atoms with Crippen molar-refractivity contribution in [1.29, 1.82) is 0 Å². The first kappa shape index (κ1) is 10.1. The van der Waals surface area contributed by atoms with Crippen LogP contribution in [-0.4, -0.2) is 16.1 Å². The summed E-state index contributed by atoms with van der Waals surface area (Å²) in [6.45, 7) is 0. The first-order valence-corrected chi connectivity index (χ1v) is 4.47. The molecular formula is C8H9BrN2O2. The maximum absolute atomic E-state index is 10.4. The standard InChI is InChI=1S/C8H9BrN2O2/c9-7-3-5(1-2-11-7)6(10)4-8(12)13/h1-3,6H,4,10H2,(H,12,13). The number of hydrogen-bond acceptors (Lipinski definition) is 3. The van der Waals surface area contributed by atoms with Crippen LogP contribution in [0.3, 0.4) is 0 Å². The monoisotopic (exact) mass is 244 g/mol. The van der Waals surface area contributed by atoms with E-state index in [1.54, 1.807) is 18.3 Å². The Morgan fingerprint density at radius 2 is 2.46 bits per heavy atom. The lowest BCUT2D eigenvalue weighted by Crippen LogP contribution is -2.14. The van der Waals surface area contributed by atoms with Gasteiger partial charge in [-0.25, -0.2) is 4.98 Å². The molecule has 1 aromatic rings. The molecule has 3 N–H and O–H groups in total. The van der Waals surface area contributed by atoms with Gasteiger partial charge in [0.05, 0.1) is 6.42 Å². The van der Waals surface area contributed by atoms with E-state index in [9.17, 15) is 4.79 Å². The molecule has 0 saturated heterocycles. The van der Waals surface area contributed by atoms with E-state index in [2.05, 4.69) is 20.9 Å². The number of rotatable bonds is 3. The Bertz CT molecular complexity index is 317. The van der Waals surface area contributed by atoms with Gasteiger partial charge in [0.25, 0.3) is 0 Å². The van der Waals surface area contributed by atoms with Crippen molar-refractivity contribution in [3.8, 4) is 0 Å².